The highest BCUT2D eigenvalue weighted by Crippen LogP contribution is 2.14. The number of carbonyl (C=O) groups is 1. The van der Waals surface area contributed by atoms with Crippen LogP contribution in [0.3, 0.4) is 0 Å². The highest BCUT2D eigenvalue weighted by Gasteiger charge is 2.25. The molecule has 0 saturated heterocycles. The molecule has 0 radical (unpaired) electrons. The monoisotopic (exact) mass is 231 g/mol. The first kappa shape index (κ1) is 12.0. The fraction of sp³-hybridized carbons (Fsp3) is 0.556. The molecule has 0 aliphatic carbocycles. The van der Waals surface area contributed by atoms with Gasteiger partial charge >= 0.3 is 5.97 Å². The molecule has 1 aromatic heterocycles. The van der Waals surface area contributed by atoms with Gasteiger partial charge in [0.1, 0.15) is 6.04 Å². The van der Waals surface area contributed by atoms with Gasteiger partial charge in [0.25, 0.3) is 0 Å². The van der Waals surface area contributed by atoms with Gasteiger partial charge in [0, 0.05) is 6.20 Å². The smallest absolute Gasteiger partial charge is 0.325 e. The Hall–Kier alpha value is -1.07. The lowest BCUT2D eigenvalue weighted by Crippen LogP contribution is -2.41. The molecule has 1 aromatic rings. The summed E-state index contributed by atoms with van der Waals surface area (Å²) in [5.41, 5.74) is 0. The van der Waals surface area contributed by atoms with Gasteiger partial charge in [-0.3, -0.25) is 9.48 Å². The quantitative estimate of drug-likeness (QED) is 0.781. The van der Waals surface area contributed by atoms with Crippen molar-refractivity contribution in [1.29, 1.82) is 0 Å². The number of nitrogens with one attached hydrogen (secondary N) is 1. The number of likely N-dealkylation sites (N-methyl/N-ethyl adjacent to an activating group) is 1. The van der Waals surface area contributed by atoms with Crippen LogP contribution in [0.15, 0.2) is 12.4 Å². The van der Waals surface area contributed by atoms with Crippen molar-refractivity contribution in [3.8, 4) is 0 Å². The predicted octanol–water partition coefficient (Wildman–Crippen LogP) is 0.858. The summed E-state index contributed by atoms with van der Waals surface area (Å²) in [6.45, 7) is 1.86. The Morgan fingerprint density at radius 2 is 2.40 bits per heavy atom. The lowest BCUT2D eigenvalue weighted by atomic mass is 10.1. The Labute approximate surface area is 93.4 Å². The van der Waals surface area contributed by atoms with Crippen LogP contribution in [0.5, 0.6) is 0 Å². The summed E-state index contributed by atoms with van der Waals surface area (Å²) in [6.07, 6.45) is 3.20. The summed E-state index contributed by atoms with van der Waals surface area (Å²) >= 11 is 5.75. The molecule has 0 saturated carbocycles. The topological polar surface area (TPSA) is 56.1 Å². The maximum absolute atomic E-state index is 11.4. The largest absolute Gasteiger partial charge is 0.468 e. The molecular weight excluding hydrogens is 218 g/mol. The van der Waals surface area contributed by atoms with Gasteiger partial charge in [0.15, 0.2) is 0 Å². The van der Waals surface area contributed by atoms with E-state index in [4.69, 9.17) is 11.6 Å². The molecule has 0 fully saturated rings. The highest BCUT2D eigenvalue weighted by molar-refractivity contribution is 6.30. The molecule has 1 N–H and O–H groups in total. The third kappa shape index (κ3) is 2.70. The molecule has 5 nitrogen and oxygen atoms in total. The standard InChI is InChI=1S/C9H14ClN3O2/c1-6(8(11-2)9(14)15-3)13-5-7(10)4-12-13/h4-6,8,11H,1-3H3. The van der Waals surface area contributed by atoms with Gasteiger partial charge in [0.2, 0.25) is 0 Å². The van der Waals surface area contributed by atoms with E-state index < -0.39 is 6.04 Å². The van der Waals surface area contributed by atoms with Crippen molar-refractivity contribution >= 4 is 17.6 Å². The third-order valence-corrected chi connectivity index (χ3v) is 2.43. The van der Waals surface area contributed by atoms with Crippen molar-refractivity contribution in [1.82, 2.24) is 15.1 Å². The molecule has 15 heavy (non-hydrogen) atoms. The lowest BCUT2D eigenvalue weighted by Gasteiger charge is -2.21. The highest BCUT2D eigenvalue weighted by atomic mass is 35.5. The van der Waals surface area contributed by atoms with E-state index in [-0.39, 0.29) is 12.0 Å². The summed E-state index contributed by atoms with van der Waals surface area (Å²) in [7, 11) is 3.05. The van der Waals surface area contributed by atoms with Crippen molar-refractivity contribution in [3.63, 3.8) is 0 Å². The second-order valence-electron chi connectivity index (χ2n) is 3.17. The van der Waals surface area contributed by atoms with Crippen LogP contribution in [-0.2, 0) is 9.53 Å². The predicted molar refractivity (Wildman–Crippen MR) is 56.8 cm³/mol. The fourth-order valence-electron chi connectivity index (χ4n) is 1.37. The van der Waals surface area contributed by atoms with Gasteiger partial charge in [-0.2, -0.15) is 5.10 Å². The number of nitrogens with zero attached hydrogens (tertiary/aromatic N) is 2. The molecule has 2 unspecified atom stereocenters. The van der Waals surface area contributed by atoms with E-state index in [1.165, 1.54) is 13.3 Å². The summed E-state index contributed by atoms with van der Waals surface area (Å²) in [5, 5.41) is 7.46. The molecule has 6 heteroatoms. The molecule has 84 valence electrons. The molecule has 1 heterocycles. The second-order valence-corrected chi connectivity index (χ2v) is 3.61. The zero-order chi connectivity index (χ0) is 11.4. The van der Waals surface area contributed by atoms with E-state index in [2.05, 4.69) is 15.2 Å². The SMILES string of the molecule is CNC(C(=O)OC)C(C)n1cc(Cl)cn1. The first-order valence-corrected chi connectivity index (χ1v) is 4.92. The number of hydrogen-bond acceptors (Lipinski definition) is 4. The number of hydrogen-bond donors (Lipinski definition) is 1. The van der Waals surface area contributed by atoms with E-state index in [1.54, 1.807) is 17.9 Å². The number of rotatable bonds is 4. The molecule has 0 aliphatic heterocycles. The van der Waals surface area contributed by atoms with Crippen LogP contribution in [0.4, 0.5) is 0 Å². The van der Waals surface area contributed by atoms with Crippen molar-refractivity contribution < 1.29 is 9.53 Å². The Morgan fingerprint density at radius 1 is 1.73 bits per heavy atom. The van der Waals surface area contributed by atoms with Gasteiger partial charge in [-0.15, -0.1) is 0 Å². The first-order valence-electron chi connectivity index (χ1n) is 4.55. The van der Waals surface area contributed by atoms with Gasteiger partial charge in [-0.05, 0) is 14.0 Å². The molecule has 0 spiro atoms. The van der Waals surface area contributed by atoms with Crippen LogP contribution in [0, 0.1) is 0 Å². The maximum Gasteiger partial charge on any atom is 0.325 e. The Morgan fingerprint density at radius 3 is 2.80 bits per heavy atom. The van der Waals surface area contributed by atoms with Gasteiger partial charge < -0.3 is 10.1 Å². The molecule has 0 bridgehead atoms. The van der Waals surface area contributed by atoms with Gasteiger partial charge in [0.05, 0.1) is 24.4 Å². The summed E-state index contributed by atoms with van der Waals surface area (Å²) in [6, 6.07) is -0.596. The number of esters is 1. The first-order chi connectivity index (χ1) is 7.10. The number of carbonyl (C=O) groups excluding carboxylic acids is 1. The number of ether oxygens (including phenoxy) is 1. The van der Waals surface area contributed by atoms with Gasteiger partial charge in [-0.1, -0.05) is 11.6 Å². The molecule has 2 atom stereocenters. The molecule has 0 aromatic carbocycles. The Bertz CT molecular complexity index is 340. The molecule has 0 amide bonds. The maximum atomic E-state index is 11.4. The second kappa shape index (κ2) is 5.14. The minimum absolute atomic E-state index is 0.157. The zero-order valence-corrected chi connectivity index (χ0v) is 9.65. The van der Waals surface area contributed by atoms with E-state index in [9.17, 15) is 4.79 Å². The Balaban J connectivity index is 2.81. The molecular formula is C9H14ClN3O2. The van der Waals surface area contributed by atoms with Crippen LogP contribution in [-0.4, -0.2) is 35.9 Å². The normalized spacial score (nSPS) is 14.7. The summed E-state index contributed by atoms with van der Waals surface area (Å²) in [4.78, 5) is 11.4. The van der Waals surface area contributed by atoms with Crippen LogP contribution >= 0.6 is 11.6 Å². The lowest BCUT2D eigenvalue weighted by molar-refractivity contribution is -0.144. The number of halogens is 1. The van der Waals surface area contributed by atoms with Crippen LogP contribution < -0.4 is 5.32 Å². The van der Waals surface area contributed by atoms with Crippen molar-refractivity contribution in [2.45, 2.75) is 19.0 Å². The zero-order valence-electron chi connectivity index (χ0n) is 8.90. The van der Waals surface area contributed by atoms with Crippen LogP contribution in [0.25, 0.3) is 0 Å². The third-order valence-electron chi connectivity index (χ3n) is 2.24. The van der Waals surface area contributed by atoms with E-state index in [1.807, 2.05) is 6.92 Å². The van der Waals surface area contributed by atoms with Crippen molar-refractivity contribution in [2.24, 2.45) is 0 Å². The summed E-state index contributed by atoms with van der Waals surface area (Å²) in [5.74, 6) is -0.323. The van der Waals surface area contributed by atoms with E-state index >= 15 is 0 Å². The fourth-order valence-corrected chi connectivity index (χ4v) is 1.52. The minimum atomic E-state index is -0.439. The van der Waals surface area contributed by atoms with Crippen LogP contribution in [0.2, 0.25) is 5.02 Å². The van der Waals surface area contributed by atoms with Crippen LogP contribution in [0.1, 0.15) is 13.0 Å². The van der Waals surface area contributed by atoms with Crippen molar-refractivity contribution in [2.75, 3.05) is 14.2 Å². The minimum Gasteiger partial charge on any atom is -0.468 e. The molecule has 0 aliphatic rings. The number of methoxy groups -OCH3 is 1. The summed E-state index contributed by atoms with van der Waals surface area (Å²) < 4.78 is 6.30. The average Bonchev–Trinajstić information content (AvgIpc) is 2.65. The van der Waals surface area contributed by atoms with E-state index in [0.29, 0.717) is 5.02 Å². The van der Waals surface area contributed by atoms with Gasteiger partial charge in [-0.25, -0.2) is 0 Å². The Kier molecular flexibility index (Phi) is 4.11. The van der Waals surface area contributed by atoms with E-state index in [0.717, 1.165) is 0 Å². The van der Waals surface area contributed by atoms with Crippen molar-refractivity contribution in [3.05, 3.63) is 17.4 Å². The number of aromatic nitrogens is 2. The average molecular weight is 232 g/mol. The molecule has 1 rings (SSSR count).